The predicted octanol–water partition coefficient (Wildman–Crippen LogP) is 3.98. The molecule has 0 aromatic heterocycles. The molecule has 2 nitrogen and oxygen atoms in total. The third-order valence-electron chi connectivity index (χ3n) is 4.93. The minimum atomic E-state index is -0.521. The first-order valence-corrected chi connectivity index (χ1v) is 7.83. The number of hydrogen-bond acceptors (Lipinski definition) is 2. The van der Waals surface area contributed by atoms with E-state index in [1.165, 1.54) is 11.1 Å². The molecule has 1 aliphatic carbocycles. The van der Waals surface area contributed by atoms with Gasteiger partial charge in [-0.25, -0.2) is 0 Å². The van der Waals surface area contributed by atoms with Crippen molar-refractivity contribution >= 4 is 0 Å². The zero-order chi connectivity index (χ0) is 14.8. The van der Waals surface area contributed by atoms with Crippen LogP contribution in [0, 0.1) is 12.3 Å². The maximum Gasteiger partial charge on any atom is 0.0772 e. The molecule has 0 spiro atoms. The lowest BCUT2D eigenvalue weighted by molar-refractivity contribution is -0.0258. The summed E-state index contributed by atoms with van der Waals surface area (Å²) < 4.78 is 0. The van der Waals surface area contributed by atoms with E-state index in [0.29, 0.717) is 12.0 Å². The van der Waals surface area contributed by atoms with Gasteiger partial charge in [0, 0.05) is 12.6 Å². The third-order valence-corrected chi connectivity index (χ3v) is 4.93. The van der Waals surface area contributed by atoms with Crippen molar-refractivity contribution in [3.05, 3.63) is 35.4 Å². The summed E-state index contributed by atoms with van der Waals surface area (Å²) in [4.78, 5) is 0. The van der Waals surface area contributed by atoms with Gasteiger partial charge in [-0.15, -0.1) is 0 Å². The Labute approximate surface area is 123 Å². The quantitative estimate of drug-likeness (QED) is 0.871. The van der Waals surface area contributed by atoms with Crippen LogP contribution in [-0.4, -0.2) is 17.3 Å². The van der Waals surface area contributed by atoms with Gasteiger partial charge in [0.1, 0.15) is 0 Å². The van der Waals surface area contributed by atoms with Gasteiger partial charge in [0.25, 0.3) is 0 Å². The van der Waals surface area contributed by atoms with Crippen molar-refractivity contribution in [1.82, 2.24) is 5.32 Å². The first-order valence-electron chi connectivity index (χ1n) is 7.83. The Morgan fingerprint density at radius 1 is 1.15 bits per heavy atom. The Morgan fingerprint density at radius 2 is 1.75 bits per heavy atom. The van der Waals surface area contributed by atoms with Crippen LogP contribution in [0.4, 0.5) is 0 Å². The number of nitrogens with one attached hydrogen (secondary N) is 1. The summed E-state index contributed by atoms with van der Waals surface area (Å²) in [6.07, 6.45) is 4.05. The van der Waals surface area contributed by atoms with Gasteiger partial charge in [0.2, 0.25) is 0 Å². The highest BCUT2D eigenvalue weighted by Gasteiger charge is 2.36. The van der Waals surface area contributed by atoms with Crippen LogP contribution in [0.3, 0.4) is 0 Å². The van der Waals surface area contributed by atoms with Gasteiger partial charge in [-0.05, 0) is 56.1 Å². The smallest absolute Gasteiger partial charge is 0.0772 e. The van der Waals surface area contributed by atoms with Crippen LogP contribution in [0.1, 0.15) is 63.6 Å². The van der Waals surface area contributed by atoms with Crippen LogP contribution in [0.5, 0.6) is 0 Å². The monoisotopic (exact) mass is 275 g/mol. The van der Waals surface area contributed by atoms with E-state index in [9.17, 15) is 5.11 Å². The van der Waals surface area contributed by atoms with E-state index in [4.69, 9.17) is 0 Å². The third kappa shape index (κ3) is 3.83. The highest BCUT2D eigenvalue weighted by Crippen LogP contribution is 2.40. The van der Waals surface area contributed by atoms with Gasteiger partial charge in [-0.3, -0.25) is 0 Å². The lowest BCUT2D eigenvalue weighted by Crippen LogP contribution is -2.45. The normalized spacial score (nSPS) is 22.4. The Morgan fingerprint density at radius 3 is 2.35 bits per heavy atom. The minimum absolute atomic E-state index is 0.287. The molecule has 1 aliphatic rings. The largest absolute Gasteiger partial charge is 0.389 e. The molecule has 0 amide bonds. The van der Waals surface area contributed by atoms with Crippen molar-refractivity contribution in [2.75, 3.05) is 6.54 Å². The van der Waals surface area contributed by atoms with Crippen molar-refractivity contribution in [1.29, 1.82) is 0 Å². The van der Waals surface area contributed by atoms with Gasteiger partial charge in [0.15, 0.2) is 0 Å². The van der Waals surface area contributed by atoms with E-state index in [1.807, 2.05) is 0 Å². The molecule has 2 rings (SSSR count). The molecule has 1 aromatic rings. The first kappa shape index (κ1) is 15.5. The fraction of sp³-hybridized carbons (Fsp3) is 0.667. The summed E-state index contributed by atoms with van der Waals surface area (Å²) in [6.45, 7) is 9.62. The molecule has 2 heteroatoms. The molecule has 0 heterocycles. The summed E-state index contributed by atoms with van der Waals surface area (Å²) in [5.74, 6) is 0. The Kier molecular flexibility index (Phi) is 4.55. The number of aryl methyl sites for hydroxylation is 1. The second kappa shape index (κ2) is 5.87. The number of hydrogen-bond donors (Lipinski definition) is 2. The van der Waals surface area contributed by atoms with Gasteiger partial charge in [-0.2, -0.15) is 0 Å². The van der Waals surface area contributed by atoms with Crippen molar-refractivity contribution in [2.45, 2.75) is 65.0 Å². The van der Waals surface area contributed by atoms with E-state index < -0.39 is 5.60 Å². The van der Waals surface area contributed by atoms with Gasteiger partial charge < -0.3 is 10.4 Å². The van der Waals surface area contributed by atoms with Crippen LogP contribution in [0.25, 0.3) is 0 Å². The van der Waals surface area contributed by atoms with Gasteiger partial charge >= 0.3 is 0 Å². The SMILES string of the molecule is Cc1ccccc1C(C)NCC1(O)CCC(C)(C)CC1. The van der Waals surface area contributed by atoms with E-state index >= 15 is 0 Å². The van der Waals surface area contributed by atoms with Crippen LogP contribution >= 0.6 is 0 Å². The first-order chi connectivity index (χ1) is 9.31. The maximum atomic E-state index is 10.7. The highest BCUT2D eigenvalue weighted by molar-refractivity contribution is 5.28. The molecule has 20 heavy (non-hydrogen) atoms. The summed E-state index contributed by atoms with van der Waals surface area (Å²) >= 11 is 0. The molecule has 2 N–H and O–H groups in total. The second-order valence-corrected chi connectivity index (χ2v) is 7.35. The van der Waals surface area contributed by atoms with Gasteiger partial charge in [-0.1, -0.05) is 38.1 Å². The average molecular weight is 275 g/mol. The Bertz CT molecular complexity index is 442. The predicted molar refractivity (Wildman–Crippen MR) is 84.8 cm³/mol. The molecule has 0 aliphatic heterocycles. The summed E-state index contributed by atoms with van der Waals surface area (Å²) in [5.41, 5.74) is 2.51. The zero-order valence-electron chi connectivity index (χ0n) is 13.4. The minimum Gasteiger partial charge on any atom is -0.389 e. The molecule has 0 saturated heterocycles. The fourth-order valence-electron chi connectivity index (χ4n) is 3.09. The summed E-state index contributed by atoms with van der Waals surface area (Å²) in [6, 6.07) is 8.75. The highest BCUT2D eigenvalue weighted by atomic mass is 16.3. The Balaban J connectivity index is 1.91. The van der Waals surface area contributed by atoms with Gasteiger partial charge in [0.05, 0.1) is 5.60 Å². The molecule has 1 saturated carbocycles. The average Bonchev–Trinajstić information content (AvgIpc) is 2.41. The lowest BCUT2D eigenvalue weighted by Gasteiger charge is -2.41. The lowest BCUT2D eigenvalue weighted by atomic mass is 9.71. The molecule has 0 bridgehead atoms. The molecule has 1 unspecified atom stereocenters. The van der Waals surface area contributed by atoms with Crippen LogP contribution < -0.4 is 5.32 Å². The molecule has 1 fully saturated rings. The van der Waals surface area contributed by atoms with Crippen LogP contribution in [0.15, 0.2) is 24.3 Å². The van der Waals surface area contributed by atoms with Crippen molar-refractivity contribution in [2.24, 2.45) is 5.41 Å². The maximum absolute atomic E-state index is 10.7. The van der Waals surface area contributed by atoms with E-state index in [0.717, 1.165) is 25.7 Å². The zero-order valence-corrected chi connectivity index (χ0v) is 13.4. The molecule has 1 atom stereocenters. The van der Waals surface area contributed by atoms with Crippen molar-refractivity contribution < 1.29 is 5.11 Å². The van der Waals surface area contributed by atoms with E-state index in [-0.39, 0.29) is 6.04 Å². The molecular formula is C18H29NO. The second-order valence-electron chi connectivity index (χ2n) is 7.35. The summed E-state index contributed by atoms with van der Waals surface area (Å²) in [5, 5.41) is 14.2. The molecular weight excluding hydrogens is 246 g/mol. The molecule has 1 aromatic carbocycles. The van der Waals surface area contributed by atoms with E-state index in [1.54, 1.807) is 0 Å². The standard InChI is InChI=1S/C18H29NO/c1-14-7-5-6-8-16(14)15(2)19-13-18(20)11-9-17(3,4)10-12-18/h5-8,15,19-20H,9-13H2,1-4H3. The van der Waals surface area contributed by atoms with Crippen molar-refractivity contribution in [3.63, 3.8) is 0 Å². The van der Waals surface area contributed by atoms with Crippen molar-refractivity contribution in [3.8, 4) is 0 Å². The topological polar surface area (TPSA) is 32.3 Å². The fourth-order valence-corrected chi connectivity index (χ4v) is 3.09. The summed E-state index contributed by atoms with van der Waals surface area (Å²) in [7, 11) is 0. The molecule has 112 valence electrons. The van der Waals surface area contributed by atoms with Crippen LogP contribution in [0.2, 0.25) is 0 Å². The molecule has 0 radical (unpaired) electrons. The van der Waals surface area contributed by atoms with E-state index in [2.05, 4.69) is 57.3 Å². The Hall–Kier alpha value is -0.860. The van der Waals surface area contributed by atoms with Crippen LogP contribution in [-0.2, 0) is 0 Å². The number of aliphatic hydroxyl groups is 1. The number of rotatable bonds is 4. The number of benzene rings is 1.